The fourth-order valence-corrected chi connectivity index (χ4v) is 3.06. The Kier molecular flexibility index (Phi) is 5.03. The van der Waals surface area contributed by atoms with Crippen molar-refractivity contribution in [3.05, 3.63) is 65.7 Å². The Bertz CT molecular complexity index is 742. The molecule has 0 aromatic heterocycles. The summed E-state index contributed by atoms with van der Waals surface area (Å²) in [6.07, 6.45) is 0. The molecule has 1 fully saturated rings. The highest BCUT2D eigenvalue weighted by Crippen LogP contribution is 2.25. The summed E-state index contributed by atoms with van der Waals surface area (Å²) in [6.45, 7) is 3.05. The van der Waals surface area contributed by atoms with Crippen LogP contribution in [0.4, 0.5) is 0 Å². The molecule has 1 aliphatic rings. The van der Waals surface area contributed by atoms with Crippen LogP contribution in [0.3, 0.4) is 0 Å². The van der Waals surface area contributed by atoms with Crippen LogP contribution in [0.2, 0.25) is 0 Å². The van der Waals surface area contributed by atoms with Crippen LogP contribution >= 0.6 is 0 Å². The lowest BCUT2D eigenvalue weighted by Gasteiger charge is -2.16. The van der Waals surface area contributed by atoms with Gasteiger partial charge >= 0.3 is 5.97 Å². The van der Waals surface area contributed by atoms with E-state index >= 15 is 0 Å². The molecule has 2 atom stereocenters. The molecule has 0 spiro atoms. The molecule has 1 aliphatic heterocycles. The molecule has 25 heavy (non-hydrogen) atoms. The highest BCUT2D eigenvalue weighted by atomic mass is 16.5. The second-order valence-corrected chi connectivity index (χ2v) is 6.43. The van der Waals surface area contributed by atoms with Gasteiger partial charge in [-0.2, -0.15) is 0 Å². The number of rotatable bonds is 5. The van der Waals surface area contributed by atoms with Gasteiger partial charge in [-0.25, -0.2) is 0 Å². The molecular formula is C20H21NO4. The molecule has 5 heteroatoms. The second-order valence-electron chi connectivity index (χ2n) is 6.43. The van der Waals surface area contributed by atoms with Crippen LogP contribution in [-0.2, 0) is 11.4 Å². The molecular weight excluding hydrogens is 318 g/mol. The van der Waals surface area contributed by atoms with Crippen molar-refractivity contribution in [1.82, 2.24) is 4.90 Å². The van der Waals surface area contributed by atoms with Gasteiger partial charge in [0.25, 0.3) is 5.91 Å². The molecule has 0 radical (unpaired) electrons. The third-order valence-corrected chi connectivity index (χ3v) is 4.57. The zero-order valence-corrected chi connectivity index (χ0v) is 14.1. The summed E-state index contributed by atoms with van der Waals surface area (Å²) in [4.78, 5) is 25.4. The van der Waals surface area contributed by atoms with Gasteiger partial charge in [0.05, 0.1) is 5.92 Å². The summed E-state index contributed by atoms with van der Waals surface area (Å²) in [7, 11) is 0. The topological polar surface area (TPSA) is 66.8 Å². The Hall–Kier alpha value is -2.82. The SMILES string of the molecule is C[C@@H]1CN(C(=O)c2ccc(COc3ccccc3)cc2)C[C@H]1C(=O)O. The van der Waals surface area contributed by atoms with Crippen LogP contribution in [0.25, 0.3) is 0 Å². The summed E-state index contributed by atoms with van der Waals surface area (Å²) >= 11 is 0. The normalized spacial score (nSPS) is 19.6. The summed E-state index contributed by atoms with van der Waals surface area (Å²) in [5.41, 5.74) is 1.54. The Labute approximate surface area is 146 Å². The van der Waals surface area contributed by atoms with Crippen molar-refractivity contribution >= 4 is 11.9 Å². The van der Waals surface area contributed by atoms with E-state index < -0.39 is 11.9 Å². The van der Waals surface area contributed by atoms with E-state index in [0.717, 1.165) is 11.3 Å². The summed E-state index contributed by atoms with van der Waals surface area (Å²) in [5, 5.41) is 9.19. The highest BCUT2D eigenvalue weighted by Gasteiger charge is 2.37. The van der Waals surface area contributed by atoms with Crippen LogP contribution in [0.1, 0.15) is 22.8 Å². The summed E-state index contributed by atoms with van der Waals surface area (Å²) < 4.78 is 5.69. The van der Waals surface area contributed by atoms with Crippen molar-refractivity contribution in [3.63, 3.8) is 0 Å². The van der Waals surface area contributed by atoms with Gasteiger partial charge in [-0.15, -0.1) is 0 Å². The van der Waals surface area contributed by atoms with Gasteiger partial charge < -0.3 is 14.7 Å². The fourth-order valence-electron chi connectivity index (χ4n) is 3.06. The molecule has 1 heterocycles. The summed E-state index contributed by atoms with van der Waals surface area (Å²) in [5.74, 6) is -0.668. The molecule has 0 unspecified atom stereocenters. The molecule has 0 bridgehead atoms. The van der Waals surface area contributed by atoms with Crippen LogP contribution < -0.4 is 4.74 Å². The number of aliphatic carboxylic acids is 1. The molecule has 1 saturated heterocycles. The Morgan fingerprint density at radius 1 is 1.08 bits per heavy atom. The Balaban J connectivity index is 1.60. The van der Waals surface area contributed by atoms with Gasteiger partial charge in [0.1, 0.15) is 12.4 Å². The number of hydrogen-bond donors (Lipinski definition) is 1. The predicted octanol–water partition coefficient (Wildman–Crippen LogP) is 3.06. The van der Waals surface area contributed by atoms with Gasteiger partial charge in [0.15, 0.2) is 0 Å². The number of nitrogens with zero attached hydrogens (tertiary/aromatic N) is 1. The van der Waals surface area contributed by atoms with Gasteiger partial charge in [-0.05, 0) is 35.7 Å². The van der Waals surface area contributed by atoms with Gasteiger partial charge in [0, 0.05) is 18.7 Å². The predicted molar refractivity (Wildman–Crippen MR) is 93.4 cm³/mol. The number of amides is 1. The summed E-state index contributed by atoms with van der Waals surface area (Å²) in [6, 6.07) is 16.8. The average Bonchev–Trinajstić information content (AvgIpc) is 3.03. The minimum atomic E-state index is -0.837. The number of para-hydroxylation sites is 1. The molecule has 2 aromatic carbocycles. The standard InChI is InChI=1S/C20H21NO4/c1-14-11-21(12-18(14)20(23)24)19(22)16-9-7-15(8-10-16)13-25-17-5-3-2-4-6-17/h2-10,14,18H,11-13H2,1H3,(H,23,24)/t14-,18-/m1/s1. The van der Waals surface area contributed by atoms with Crippen molar-refractivity contribution in [2.75, 3.05) is 13.1 Å². The van der Waals surface area contributed by atoms with Crippen LogP contribution in [0.5, 0.6) is 5.75 Å². The number of carboxylic acids is 1. The molecule has 2 aromatic rings. The zero-order valence-electron chi connectivity index (χ0n) is 14.1. The lowest BCUT2D eigenvalue weighted by Crippen LogP contribution is -2.29. The minimum absolute atomic E-state index is 0.0278. The van der Waals surface area contributed by atoms with Crippen molar-refractivity contribution in [2.24, 2.45) is 11.8 Å². The molecule has 0 aliphatic carbocycles. The number of carbonyl (C=O) groups is 2. The lowest BCUT2D eigenvalue weighted by molar-refractivity contribution is -0.142. The van der Waals surface area contributed by atoms with E-state index in [2.05, 4.69) is 0 Å². The Morgan fingerprint density at radius 2 is 1.76 bits per heavy atom. The average molecular weight is 339 g/mol. The van der Waals surface area contributed by atoms with E-state index in [1.807, 2.05) is 49.4 Å². The zero-order chi connectivity index (χ0) is 17.8. The van der Waals surface area contributed by atoms with E-state index in [-0.39, 0.29) is 18.4 Å². The largest absolute Gasteiger partial charge is 0.489 e. The number of likely N-dealkylation sites (tertiary alicyclic amines) is 1. The Morgan fingerprint density at radius 3 is 2.36 bits per heavy atom. The van der Waals surface area contributed by atoms with Crippen molar-refractivity contribution in [2.45, 2.75) is 13.5 Å². The fraction of sp³-hybridized carbons (Fsp3) is 0.300. The van der Waals surface area contributed by atoms with E-state index in [0.29, 0.717) is 18.7 Å². The smallest absolute Gasteiger partial charge is 0.308 e. The monoisotopic (exact) mass is 339 g/mol. The first kappa shape index (κ1) is 17.0. The number of benzene rings is 2. The van der Waals surface area contributed by atoms with Crippen LogP contribution in [-0.4, -0.2) is 35.0 Å². The maximum Gasteiger partial charge on any atom is 0.308 e. The van der Waals surface area contributed by atoms with E-state index in [1.165, 1.54) is 0 Å². The van der Waals surface area contributed by atoms with Gasteiger partial charge in [-0.1, -0.05) is 37.3 Å². The quantitative estimate of drug-likeness (QED) is 0.909. The second kappa shape index (κ2) is 7.38. The first-order valence-corrected chi connectivity index (χ1v) is 8.33. The van der Waals surface area contributed by atoms with Crippen molar-refractivity contribution in [3.8, 4) is 5.75 Å². The minimum Gasteiger partial charge on any atom is -0.489 e. The third kappa shape index (κ3) is 3.99. The number of ether oxygens (including phenoxy) is 1. The first-order chi connectivity index (χ1) is 12.0. The number of carbonyl (C=O) groups excluding carboxylic acids is 1. The van der Waals surface area contributed by atoms with E-state index in [1.54, 1.807) is 17.0 Å². The number of hydrogen-bond acceptors (Lipinski definition) is 3. The van der Waals surface area contributed by atoms with Crippen molar-refractivity contribution < 1.29 is 19.4 Å². The maximum atomic E-state index is 12.6. The molecule has 1 amide bonds. The van der Waals surface area contributed by atoms with Crippen LogP contribution in [0.15, 0.2) is 54.6 Å². The van der Waals surface area contributed by atoms with E-state index in [4.69, 9.17) is 4.74 Å². The van der Waals surface area contributed by atoms with Gasteiger partial charge in [-0.3, -0.25) is 9.59 Å². The number of carboxylic acid groups (broad SMARTS) is 1. The molecule has 5 nitrogen and oxygen atoms in total. The highest BCUT2D eigenvalue weighted by molar-refractivity contribution is 5.94. The third-order valence-electron chi connectivity index (χ3n) is 4.57. The van der Waals surface area contributed by atoms with E-state index in [9.17, 15) is 14.7 Å². The molecule has 3 rings (SSSR count). The first-order valence-electron chi connectivity index (χ1n) is 8.33. The van der Waals surface area contributed by atoms with Crippen LogP contribution in [0, 0.1) is 11.8 Å². The molecule has 0 saturated carbocycles. The molecule has 1 N–H and O–H groups in total. The van der Waals surface area contributed by atoms with Crippen molar-refractivity contribution in [1.29, 1.82) is 0 Å². The molecule has 130 valence electrons. The lowest BCUT2D eigenvalue weighted by atomic mass is 9.99. The van der Waals surface area contributed by atoms with Gasteiger partial charge in [0.2, 0.25) is 0 Å². The maximum absolute atomic E-state index is 12.6.